The molecule has 0 spiro atoms. The van der Waals surface area contributed by atoms with E-state index in [1.54, 1.807) is 18.1 Å². The van der Waals surface area contributed by atoms with E-state index in [0.717, 1.165) is 0 Å². The summed E-state index contributed by atoms with van der Waals surface area (Å²) in [6.45, 7) is 2.69. The summed E-state index contributed by atoms with van der Waals surface area (Å²) < 4.78 is 0. The Balaban J connectivity index is 0.00000121. The van der Waals surface area contributed by atoms with Crippen molar-refractivity contribution >= 4 is 36.7 Å². The fourth-order valence-electron chi connectivity index (χ4n) is 1.11. The molecule has 2 unspecified atom stereocenters. The van der Waals surface area contributed by atoms with Crippen LogP contribution in [0.2, 0.25) is 0 Å². The molecule has 0 saturated heterocycles. The van der Waals surface area contributed by atoms with Crippen LogP contribution < -0.4 is 5.73 Å². The van der Waals surface area contributed by atoms with Crippen molar-refractivity contribution in [1.29, 1.82) is 0 Å². The van der Waals surface area contributed by atoms with Crippen LogP contribution in [0.4, 0.5) is 0 Å². The molecule has 0 aromatic carbocycles. The fourth-order valence-corrected chi connectivity index (χ4v) is 1.91. The number of nitrogens with two attached hydrogens (primary N) is 1. The third-order valence-electron chi connectivity index (χ3n) is 1.89. The number of rotatable bonds is 3. The van der Waals surface area contributed by atoms with E-state index >= 15 is 0 Å². The quantitative estimate of drug-likeness (QED) is 0.750. The van der Waals surface area contributed by atoms with Crippen molar-refractivity contribution in [3.8, 4) is 0 Å². The maximum Gasteiger partial charge on any atom is 0.110 e. The molecule has 2 atom stereocenters. The van der Waals surface area contributed by atoms with E-state index in [1.165, 1.54) is 0 Å². The zero-order valence-corrected chi connectivity index (χ0v) is 8.86. The van der Waals surface area contributed by atoms with Gasteiger partial charge in [0.05, 0.1) is 0 Å². The van der Waals surface area contributed by atoms with Crippen LogP contribution in [0.5, 0.6) is 0 Å². The van der Waals surface area contributed by atoms with Crippen molar-refractivity contribution in [1.82, 2.24) is 0 Å². The van der Waals surface area contributed by atoms with Crippen LogP contribution in [0.15, 0.2) is 9.98 Å². The summed E-state index contributed by atoms with van der Waals surface area (Å²) in [6, 6.07) is 0. The van der Waals surface area contributed by atoms with Gasteiger partial charge in [0, 0.05) is 18.0 Å². The van der Waals surface area contributed by atoms with E-state index in [1.807, 2.05) is 19.4 Å². The number of thioether (sulfide) groups is 1. The Morgan fingerprint density at radius 1 is 1.67 bits per heavy atom. The van der Waals surface area contributed by atoms with Gasteiger partial charge in [0.2, 0.25) is 0 Å². The zero-order valence-electron chi connectivity index (χ0n) is 7.23. The van der Waals surface area contributed by atoms with E-state index in [9.17, 15) is 0 Å². The average molecular weight is 208 g/mol. The molecule has 0 bridgehead atoms. The predicted molar refractivity (Wildman–Crippen MR) is 59.0 cm³/mol. The molecule has 1 heterocycles. The summed E-state index contributed by atoms with van der Waals surface area (Å²) in [6.07, 6.45) is 5.50. The lowest BCUT2D eigenvalue weighted by molar-refractivity contribution is 0.618. The molecule has 2 N–H and O–H groups in total. The van der Waals surface area contributed by atoms with Crippen LogP contribution in [0.1, 0.15) is 6.92 Å². The van der Waals surface area contributed by atoms with E-state index in [0.29, 0.717) is 11.8 Å². The normalized spacial score (nSPS) is 28.6. The Morgan fingerprint density at radius 3 is 2.67 bits per heavy atom. The second-order valence-electron chi connectivity index (χ2n) is 2.71. The first-order valence-corrected chi connectivity index (χ1v) is 4.82. The summed E-state index contributed by atoms with van der Waals surface area (Å²) in [5.41, 5.74) is 5.42. The Hall–Kier alpha value is -0.0600. The van der Waals surface area contributed by atoms with Gasteiger partial charge in [0.15, 0.2) is 0 Å². The summed E-state index contributed by atoms with van der Waals surface area (Å²) >= 11 is 1.74. The smallest absolute Gasteiger partial charge is 0.110 e. The van der Waals surface area contributed by atoms with Crippen LogP contribution in [-0.4, -0.2) is 36.1 Å². The summed E-state index contributed by atoms with van der Waals surface area (Å²) in [4.78, 5) is 8.23. The lowest BCUT2D eigenvalue weighted by Crippen LogP contribution is -2.40. The van der Waals surface area contributed by atoms with Crippen molar-refractivity contribution in [3.05, 3.63) is 0 Å². The maximum absolute atomic E-state index is 5.59. The second kappa shape index (κ2) is 4.84. The molecule has 70 valence electrons. The molecule has 5 heteroatoms. The van der Waals surface area contributed by atoms with Gasteiger partial charge in [0.25, 0.3) is 0 Å². The molecule has 0 aromatic heterocycles. The molecule has 12 heavy (non-hydrogen) atoms. The van der Waals surface area contributed by atoms with Crippen molar-refractivity contribution in [3.63, 3.8) is 0 Å². The highest BCUT2D eigenvalue weighted by atomic mass is 35.5. The monoisotopic (exact) mass is 207 g/mol. The minimum atomic E-state index is -0.172. The van der Waals surface area contributed by atoms with E-state index in [-0.39, 0.29) is 17.9 Å². The van der Waals surface area contributed by atoms with E-state index in [2.05, 4.69) is 9.98 Å². The van der Waals surface area contributed by atoms with Crippen LogP contribution in [0.3, 0.4) is 0 Å². The van der Waals surface area contributed by atoms with Gasteiger partial charge in [-0.1, -0.05) is 0 Å². The van der Waals surface area contributed by atoms with E-state index in [4.69, 9.17) is 5.73 Å². The van der Waals surface area contributed by atoms with Crippen molar-refractivity contribution in [2.45, 2.75) is 17.7 Å². The highest BCUT2D eigenvalue weighted by molar-refractivity contribution is 7.99. The SMILES string of the molecule is CSC(CN)C1(C)C=NC=N1.Cl. The minimum Gasteiger partial charge on any atom is -0.329 e. The molecule has 3 nitrogen and oxygen atoms in total. The van der Waals surface area contributed by atoms with Crippen LogP contribution in [0.25, 0.3) is 0 Å². The lowest BCUT2D eigenvalue weighted by atomic mass is 10.0. The summed E-state index contributed by atoms with van der Waals surface area (Å²) in [5, 5.41) is 0.338. The van der Waals surface area contributed by atoms with Crippen molar-refractivity contribution < 1.29 is 0 Å². The van der Waals surface area contributed by atoms with Gasteiger partial charge in [-0.25, -0.2) is 4.99 Å². The van der Waals surface area contributed by atoms with Gasteiger partial charge < -0.3 is 5.73 Å². The predicted octanol–water partition coefficient (Wildman–Crippen LogP) is 0.970. The molecule has 0 aliphatic carbocycles. The molecule has 1 rings (SSSR count). The average Bonchev–Trinajstić information content (AvgIpc) is 2.39. The van der Waals surface area contributed by atoms with Crippen molar-refractivity contribution in [2.24, 2.45) is 15.7 Å². The van der Waals surface area contributed by atoms with Crippen molar-refractivity contribution in [2.75, 3.05) is 12.8 Å². The van der Waals surface area contributed by atoms with Gasteiger partial charge in [-0.15, -0.1) is 12.4 Å². The molecule has 0 aromatic rings. The number of hydrogen-bond donors (Lipinski definition) is 1. The zero-order chi connectivity index (χ0) is 8.32. The van der Waals surface area contributed by atoms with Crippen LogP contribution in [-0.2, 0) is 0 Å². The number of aliphatic imine (C=N–C) groups is 2. The van der Waals surface area contributed by atoms with E-state index < -0.39 is 0 Å². The van der Waals surface area contributed by atoms with Crippen LogP contribution >= 0.6 is 24.2 Å². The Labute approximate surface area is 83.3 Å². The number of halogens is 1. The lowest BCUT2D eigenvalue weighted by Gasteiger charge is -2.25. The molecule has 0 fully saturated rings. The van der Waals surface area contributed by atoms with Gasteiger partial charge >= 0.3 is 0 Å². The Bertz CT molecular complexity index is 177. The highest BCUT2D eigenvalue weighted by Crippen LogP contribution is 2.24. The molecule has 1 aliphatic rings. The standard InChI is InChI=1S/C7H13N3S.ClH/c1-7(4-9-5-10-7)6(3-8)11-2;/h4-6H,3,8H2,1-2H3;1H. The summed E-state index contributed by atoms with van der Waals surface area (Å²) in [7, 11) is 0. The van der Waals surface area contributed by atoms with Gasteiger partial charge in [-0.05, 0) is 13.2 Å². The first-order valence-electron chi connectivity index (χ1n) is 3.54. The first-order chi connectivity index (χ1) is 5.23. The van der Waals surface area contributed by atoms with Gasteiger partial charge in [-0.3, -0.25) is 4.99 Å². The number of nitrogens with zero attached hydrogens (tertiary/aromatic N) is 2. The Morgan fingerprint density at radius 2 is 2.33 bits per heavy atom. The first kappa shape index (κ1) is 11.9. The topological polar surface area (TPSA) is 50.7 Å². The number of hydrogen-bond acceptors (Lipinski definition) is 4. The van der Waals surface area contributed by atoms with Gasteiger partial charge in [-0.2, -0.15) is 11.8 Å². The largest absolute Gasteiger partial charge is 0.329 e. The third-order valence-corrected chi connectivity index (χ3v) is 3.13. The third kappa shape index (κ3) is 2.21. The minimum absolute atomic E-state index is 0. The second-order valence-corrected chi connectivity index (χ2v) is 3.75. The molecule has 1 aliphatic heterocycles. The highest BCUT2D eigenvalue weighted by Gasteiger charge is 2.31. The molecule has 0 saturated carbocycles. The Kier molecular flexibility index (Phi) is 4.82. The van der Waals surface area contributed by atoms with Crippen LogP contribution in [0, 0.1) is 0 Å². The molecular weight excluding hydrogens is 194 g/mol. The molecular formula is C7H14ClN3S. The summed E-state index contributed by atoms with van der Waals surface area (Å²) in [5.74, 6) is 0. The van der Waals surface area contributed by atoms with Gasteiger partial charge in [0.1, 0.15) is 11.9 Å². The molecule has 0 amide bonds. The maximum atomic E-state index is 5.59. The fraction of sp³-hybridized carbons (Fsp3) is 0.714. The molecule has 0 radical (unpaired) electrons.